The van der Waals surface area contributed by atoms with Gasteiger partial charge >= 0.3 is 6.08 Å². The Hall–Kier alpha value is -2.48. The summed E-state index contributed by atoms with van der Waals surface area (Å²) in [6, 6.07) is 5.66. The van der Waals surface area contributed by atoms with E-state index in [0.717, 1.165) is 11.1 Å². The highest BCUT2D eigenvalue weighted by atomic mass is 16.6. The summed E-state index contributed by atoms with van der Waals surface area (Å²) in [6.45, 7) is 9.25. The van der Waals surface area contributed by atoms with Crippen molar-refractivity contribution in [1.82, 2.24) is 10.3 Å². The second-order valence-corrected chi connectivity index (χ2v) is 5.91. The Morgan fingerprint density at radius 1 is 1.48 bits per heavy atom. The normalized spacial score (nSPS) is 12.4. The number of rotatable bonds is 5. The molecule has 1 amide bonds. The molecule has 1 unspecified atom stereocenters. The van der Waals surface area contributed by atoms with Crippen LogP contribution in [0, 0.1) is 18.8 Å². The zero-order chi connectivity index (χ0) is 17.0. The summed E-state index contributed by atoms with van der Waals surface area (Å²) in [5.41, 5.74) is 1.78. The van der Waals surface area contributed by atoms with E-state index in [2.05, 4.69) is 22.1 Å². The Bertz CT molecular complexity index is 765. The topological polar surface area (TPSA) is 64.4 Å². The van der Waals surface area contributed by atoms with Crippen molar-refractivity contribution in [3.8, 4) is 17.9 Å². The van der Waals surface area contributed by atoms with Crippen LogP contribution in [-0.4, -0.2) is 22.5 Å². The standard InChI is InChI=1S/C18H22N2O3/c1-6-11-18(4,5)20-16(21)13(7-2)22-17-19-15-12(3)9-8-10-14(15)23-17/h8-10,13H,7H2,1-5H3,(H,20,21). The molecule has 1 N–H and O–H groups in total. The average Bonchev–Trinajstić information content (AvgIpc) is 2.88. The highest BCUT2D eigenvalue weighted by Gasteiger charge is 2.26. The van der Waals surface area contributed by atoms with Crippen LogP contribution in [0.25, 0.3) is 11.1 Å². The van der Waals surface area contributed by atoms with E-state index in [4.69, 9.17) is 9.15 Å². The molecule has 0 aliphatic carbocycles. The molecule has 0 aliphatic rings. The van der Waals surface area contributed by atoms with Crippen molar-refractivity contribution in [3.63, 3.8) is 0 Å². The molecule has 0 aliphatic heterocycles. The number of hydrogen-bond acceptors (Lipinski definition) is 4. The minimum Gasteiger partial charge on any atom is -0.437 e. The van der Waals surface area contributed by atoms with Crippen molar-refractivity contribution >= 4 is 17.0 Å². The first-order valence-electron chi connectivity index (χ1n) is 7.65. The van der Waals surface area contributed by atoms with Gasteiger partial charge in [-0.05, 0) is 45.7 Å². The van der Waals surface area contributed by atoms with Gasteiger partial charge in [-0.2, -0.15) is 4.98 Å². The summed E-state index contributed by atoms with van der Waals surface area (Å²) < 4.78 is 11.2. The summed E-state index contributed by atoms with van der Waals surface area (Å²) in [6.07, 6.45) is -0.0731. The van der Waals surface area contributed by atoms with E-state index in [1.54, 1.807) is 6.92 Å². The van der Waals surface area contributed by atoms with Gasteiger partial charge < -0.3 is 14.5 Å². The first-order chi connectivity index (χ1) is 10.9. The second kappa shape index (κ2) is 6.74. The molecular formula is C18H22N2O3. The predicted molar refractivity (Wildman–Crippen MR) is 89.1 cm³/mol. The highest BCUT2D eigenvalue weighted by Crippen LogP contribution is 2.24. The lowest BCUT2D eigenvalue weighted by Gasteiger charge is -2.23. The maximum atomic E-state index is 12.4. The third-order valence-electron chi connectivity index (χ3n) is 3.38. The number of fused-ring (bicyclic) bond motifs is 1. The first-order valence-corrected chi connectivity index (χ1v) is 7.65. The van der Waals surface area contributed by atoms with E-state index in [9.17, 15) is 4.79 Å². The molecule has 0 bridgehead atoms. The molecule has 1 atom stereocenters. The number of oxazole rings is 1. The average molecular weight is 314 g/mol. The molecular weight excluding hydrogens is 292 g/mol. The summed E-state index contributed by atoms with van der Waals surface area (Å²) in [4.78, 5) is 16.7. The quantitative estimate of drug-likeness (QED) is 0.861. The number of para-hydroxylation sites is 1. The Morgan fingerprint density at radius 3 is 2.83 bits per heavy atom. The van der Waals surface area contributed by atoms with E-state index in [1.807, 2.05) is 45.9 Å². The fourth-order valence-electron chi connectivity index (χ4n) is 2.29. The summed E-state index contributed by atoms with van der Waals surface area (Å²) >= 11 is 0. The number of nitrogens with zero attached hydrogens (tertiary/aromatic N) is 1. The molecule has 0 radical (unpaired) electrons. The predicted octanol–water partition coefficient (Wildman–Crippen LogP) is 3.21. The van der Waals surface area contributed by atoms with Gasteiger partial charge in [0, 0.05) is 0 Å². The minimum absolute atomic E-state index is 0.107. The number of amides is 1. The lowest BCUT2D eigenvalue weighted by atomic mass is 10.1. The van der Waals surface area contributed by atoms with Gasteiger partial charge in [0.15, 0.2) is 11.7 Å². The van der Waals surface area contributed by atoms with Crippen LogP contribution in [0.3, 0.4) is 0 Å². The minimum atomic E-state index is -0.679. The molecule has 122 valence electrons. The lowest BCUT2D eigenvalue weighted by molar-refractivity contribution is -0.129. The number of aromatic nitrogens is 1. The van der Waals surface area contributed by atoms with Crippen LogP contribution in [0.5, 0.6) is 6.08 Å². The van der Waals surface area contributed by atoms with E-state index in [1.165, 1.54) is 0 Å². The van der Waals surface area contributed by atoms with Crippen LogP contribution in [0.4, 0.5) is 0 Å². The van der Waals surface area contributed by atoms with Crippen molar-refractivity contribution in [1.29, 1.82) is 0 Å². The molecule has 0 spiro atoms. The monoisotopic (exact) mass is 314 g/mol. The molecule has 5 nitrogen and oxygen atoms in total. The van der Waals surface area contributed by atoms with Crippen LogP contribution < -0.4 is 10.1 Å². The number of hydrogen-bond donors (Lipinski definition) is 1. The largest absolute Gasteiger partial charge is 0.437 e. The Labute approximate surface area is 136 Å². The van der Waals surface area contributed by atoms with Crippen LogP contribution in [-0.2, 0) is 4.79 Å². The molecule has 1 aromatic carbocycles. The number of ether oxygens (including phenoxy) is 1. The third kappa shape index (κ3) is 4.04. The molecule has 0 saturated heterocycles. The summed E-state index contributed by atoms with van der Waals surface area (Å²) in [5, 5.41) is 2.87. The smallest absolute Gasteiger partial charge is 0.395 e. The van der Waals surface area contributed by atoms with E-state index in [0.29, 0.717) is 12.0 Å². The number of carbonyl (C=O) groups is 1. The van der Waals surface area contributed by atoms with Crippen molar-refractivity contribution in [2.45, 2.75) is 52.7 Å². The molecule has 1 heterocycles. The first kappa shape index (κ1) is 16.9. The van der Waals surface area contributed by atoms with E-state index in [-0.39, 0.29) is 12.0 Å². The van der Waals surface area contributed by atoms with Gasteiger partial charge in [0.1, 0.15) is 5.52 Å². The zero-order valence-electron chi connectivity index (χ0n) is 14.2. The molecule has 2 rings (SSSR count). The van der Waals surface area contributed by atoms with Crippen molar-refractivity contribution in [2.24, 2.45) is 0 Å². The number of carbonyl (C=O) groups excluding carboxylic acids is 1. The zero-order valence-corrected chi connectivity index (χ0v) is 14.2. The maximum Gasteiger partial charge on any atom is 0.395 e. The molecule has 2 aromatic rings. The lowest BCUT2D eigenvalue weighted by Crippen LogP contribution is -2.48. The number of benzene rings is 1. The Kier molecular flexibility index (Phi) is 4.95. The summed E-state index contributed by atoms with van der Waals surface area (Å²) in [7, 11) is 0. The van der Waals surface area contributed by atoms with Crippen molar-refractivity contribution < 1.29 is 13.9 Å². The van der Waals surface area contributed by atoms with Gasteiger partial charge in [0.05, 0.1) is 5.54 Å². The summed E-state index contributed by atoms with van der Waals surface area (Å²) in [5.74, 6) is 5.52. The molecule has 1 aromatic heterocycles. The molecule has 0 saturated carbocycles. The number of aryl methyl sites for hydroxylation is 1. The second-order valence-electron chi connectivity index (χ2n) is 5.91. The van der Waals surface area contributed by atoms with Crippen LogP contribution >= 0.6 is 0 Å². The highest BCUT2D eigenvalue weighted by molar-refractivity contribution is 5.82. The van der Waals surface area contributed by atoms with Crippen molar-refractivity contribution in [2.75, 3.05) is 0 Å². The van der Waals surface area contributed by atoms with Gasteiger partial charge in [-0.15, -0.1) is 5.92 Å². The third-order valence-corrected chi connectivity index (χ3v) is 3.38. The fourth-order valence-corrected chi connectivity index (χ4v) is 2.29. The molecule has 5 heteroatoms. The van der Waals surface area contributed by atoms with Crippen molar-refractivity contribution in [3.05, 3.63) is 23.8 Å². The van der Waals surface area contributed by atoms with Gasteiger partial charge in [0.25, 0.3) is 5.91 Å². The fraction of sp³-hybridized carbons (Fsp3) is 0.444. The molecule has 0 fully saturated rings. The number of nitrogens with one attached hydrogen (secondary N) is 1. The van der Waals surface area contributed by atoms with E-state index >= 15 is 0 Å². The van der Waals surface area contributed by atoms with Gasteiger partial charge in [-0.3, -0.25) is 4.79 Å². The van der Waals surface area contributed by atoms with Gasteiger partial charge in [0.2, 0.25) is 0 Å². The maximum absolute atomic E-state index is 12.4. The van der Waals surface area contributed by atoms with Gasteiger partial charge in [-0.25, -0.2) is 0 Å². The molecule has 23 heavy (non-hydrogen) atoms. The Morgan fingerprint density at radius 2 is 2.22 bits per heavy atom. The van der Waals surface area contributed by atoms with Gasteiger partial charge in [-0.1, -0.05) is 25.0 Å². The van der Waals surface area contributed by atoms with Crippen LogP contribution in [0.1, 0.15) is 39.7 Å². The van der Waals surface area contributed by atoms with Crippen LogP contribution in [0.15, 0.2) is 22.6 Å². The van der Waals surface area contributed by atoms with Crippen LogP contribution in [0.2, 0.25) is 0 Å². The SMILES string of the molecule is CC#CC(C)(C)NC(=O)C(CC)Oc1nc2c(C)cccc2o1. The van der Waals surface area contributed by atoms with E-state index < -0.39 is 11.6 Å². The Balaban J connectivity index is 2.15.